The fourth-order valence-electron chi connectivity index (χ4n) is 1.21. The maximum atomic E-state index is 10.3. The van der Waals surface area contributed by atoms with Crippen LogP contribution in [0, 0.1) is 0 Å². The zero-order valence-corrected chi connectivity index (χ0v) is 6.66. The van der Waals surface area contributed by atoms with Gasteiger partial charge in [0.25, 0.3) is 0 Å². The molecule has 0 amide bonds. The second-order valence-electron chi connectivity index (χ2n) is 2.86. The first kappa shape index (κ1) is 8.49. The topological polar surface area (TPSA) is 54.6 Å². The summed E-state index contributed by atoms with van der Waals surface area (Å²) < 4.78 is 0. The number of piperazine rings is 1. The highest BCUT2D eigenvalue weighted by molar-refractivity contribution is 5.67. The first-order valence-corrected chi connectivity index (χ1v) is 3.75. The van der Waals surface area contributed by atoms with Crippen molar-refractivity contribution in [3.8, 4) is 0 Å². The standard InChI is InChI=1S/C7H13N2O2/c1-9-3-2-8-5-6(9)4-7(10)11/h6H,2-5H2,1H3,(H,10,11). The minimum atomic E-state index is -0.737. The minimum Gasteiger partial charge on any atom is -0.481 e. The van der Waals surface area contributed by atoms with Gasteiger partial charge in [-0.05, 0) is 7.05 Å². The molecule has 0 aromatic rings. The summed E-state index contributed by atoms with van der Waals surface area (Å²) in [5.74, 6) is -0.737. The van der Waals surface area contributed by atoms with Crippen LogP contribution in [-0.4, -0.2) is 48.7 Å². The van der Waals surface area contributed by atoms with Gasteiger partial charge in [0, 0.05) is 25.7 Å². The van der Waals surface area contributed by atoms with Crippen molar-refractivity contribution in [1.29, 1.82) is 0 Å². The van der Waals surface area contributed by atoms with E-state index in [1.54, 1.807) is 0 Å². The zero-order chi connectivity index (χ0) is 8.27. The molecule has 1 rings (SSSR count). The Morgan fingerprint density at radius 3 is 3.09 bits per heavy atom. The number of carbonyl (C=O) groups is 1. The smallest absolute Gasteiger partial charge is 0.304 e. The molecule has 1 fully saturated rings. The van der Waals surface area contributed by atoms with Crippen molar-refractivity contribution < 1.29 is 9.90 Å². The van der Waals surface area contributed by atoms with Crippen LogP contribution in [0.1, 0.15) is 6.42 Å². The lowest BCUT2D eigenvalue weighted by Crippen LogP contribution is -2.47. The number of aliphatic carboxylic acids is 1. The van der Waals surface area contributed by atoms with Gasteiger partial charge >= 0.3 is 5.97 Å². The van der Waals surface area contributed by atoms with Gasteiger partial charge in [-0.3, -0.25) is 4.79 Å². The van der Waals surface area contributed by atoms with Gasteiger partial charge in [-0.2, -0.15) is 0 Å². The van der Waals surface area contributed by atoms with E-state index in [-0.39, 0.29) is 12.5 Å². The molecule has 0 aromatic heterocycles. The maximum Gasteiger partial charge on any atom is 0.304 e. The highest BCUT2D eigenvalue weighted by atomic mass is 16.4. The molecule has 1 radical (unpaired) electrons. The molecule has 0 aliphatic carbocycles. The van der Waals surface area contributed by atoms with E-state index < -0.39 is 5.97 Å². The van der Waals surface area contributed by atoms with Crippen LogP contribution in [0.25, 0.3) is 0 Å². The summed E-state index contributed by atoms with van der Waals surface area (Å²) in [7, 11) is 1.95. The minimum absolute atomic E-state index is 0.112. The van der Waals surface area contributed by atoms with Crippen molar-refractivity contribution >= 4 is 5.97 Å². The molecule has 0 saturated carbocycles. The van der Waals surface area contributed by atoms with Gasteiger partial charge in [0.2, 0.25) is 0 Å². The predicted molar refractivity (Wildman–Crippen MR) is 40.5 cm³/mol. The van der Waals surface area contributed by atoms with Crippen LogP contribution in [0.5, 0.6) is 0 Å². The first-order chi connectivity index (χ1) is 5.20. The third-order valence-electron chi connectivity index (χ3n) is 1.98. The molecular formula is C7H13N2O2. The number of nitrogens with zero attached hydrogens (tertiary/aromatic N) is 2. The summed E-state index contributed by atoms with van der Waals surface area (Å²) in [5.41, 5.74) is 0. The largest absolute Gasteiger partial charge is 0.481 e. The van der Waals surface area contributed by atoms with E-state index in [9.17, 15) is 4.79 Å². The van der Waals surface area contributed by atoms with Gasteiger partial charge in [0.15, 0.2) is 0 Å². The Hall–Kier alpha value is -0.610. The van der Waals surface area contributed by atoms with Crippen LogP contribution >= 0.6 is 0 Å². The monoisotopic (exact) mass is 157 g/mol. The van der Waals surface area contributed by atoms with E-state index in [1.165, 1.54) is 0 Å². The van der Waals surface area contributed by atoms with Crippen LogP contribution in [0.4, 0.5) is 0 Å². The van der Waals surface area contributed by atoms with Crippen molar-refractivity contribution in [2.24, 2.45) is 0 Å². The Kier molecular flexibility index (Phi) is 2.84. The summed E-state index contributed by atoms with van der Waals surface area (Å²) in [5, 5.41) is 12.7. The molecule has 1 saturated heterocycles. The SMILES string of the molecule is CN1CC[N]CC1CC(=O)O. The van der Waals surface area contributed by atoms with Crippen LogP contribution < -0.4 is 5.32 Å². The lowest BCUT2D eigenvalue weighted by molar-refractivity contribution is -0.138. The van der Waals surface area contributed by atoms with Crippen LogP contribution in [0.15, 0.2) is 0 Å². The van der Waals surface area contributed by atoms with Gasteiger partial charge in [0.1, 0.15) is 0 Å². The summed E-state index contributed by atoms with van der Waals surface area (Å²) in [4.78, 5) is 12.4. The summed E-state index contributed by atoms with van der Waals surface area (Å²) >= 11 is 0. The average molecular weight is 157 g/mol. The Balaban J connectivity index is 2.35. The van der Waals surface area contributed by atoms with E-state index in [0.29, 0.717) is 6.54 Å². The molecule has 1 aliphatic heterocycles. The lowest BCUT2D eigenvalue weighted by atomic mass is 10.1. The molecule has 1 N–H and O–H groups in total. The van der Waals surface area contributed by atoms with E-state index >= 15 is 0 Å². The van der Waals surface area contributed by atoms with Gasteiger partial charge < -0.3 is 10.0 Å². The fourth-order valence-corrected chi connectivity index (χ4v) is 1.21. The highest BCUT2D eigenvalue weighted by Crippen LogP contribution is 2.04. The van der Waals surface area contributed by atoms with E-state index in [1.807, 2.05) is 7.05 Å². The summed E-state index contributed by atoms with van der Waals surface area (Å²) in [6.07, 6.45) is 0.208. The molecule has 1 heterocycles. The number of carboxylic acids is 1. The molecule has 63 valence electrons. The molecule has 0 spiro atoms. The number of carboxylic acid groups (broad SMARTS) is 1. The third-order valence-corrected chi connectivity index (χ3v) is 1.98. The molecule has 4 nitrogen and oxygen atoms in total. The Labute approximate surface area is 66.2 Å². The molecule has 0 aromatic carbocycles. The predicted octanol–water partition coefficient (Wildman–Crippen LogP) is -0.620. The normalized spacial score (nSPS) is 26.8. The number of likely N-dealkylation sites (N-methyl/N-ethyl adjacent to an activating group) is 1. The summed E-state index contributed by atoms with van der Waals surface area (Å²) in [6.45, 7) is 2.40. The quantitative estimate of drug-likeness (QED) is 0.581. The molecule has 4 heteroatoms. The number of hydrogen-bond acceptors (Lipinski definition) is 2. The van der Waals surface area contributed by atoms with Crippen LogP contribution in [0.3, 0.4) is 0 Å². The number of rotatable bonds is 2. The van der Waals surface area contributed by atoms with Crippen LogP contribution in [0.2, 0.25) is 0 Å². The highest BCUT2D eigenvalue weighted by Gasteiger charge is 2.21. The molecular weight excluding hydrogens is 144 g/mol. The van der Waals surface area contributed by atoms with Gasteiger partial charge in [-0.15, -0.1) is 0 Å². The molecule has 1 unspecified atom stereocenters. The second-order valence-corrected chi connectivity index (χ2v) is 2.86. The van der Waals surface area contributed by atoms with Crippen molar-refractivity contribution in [2.75, 3.05) is 26.7 Å². The molecule has 0 bridgehead atoms. The Bertz CT molecular complexity index is 149. The van der Waals surface area contributed by atoms with E-state index in [0.717, 1.165) is 13.1 Å². The molecule has 1 atom stereocenters. The zero-order valence-electron chi connectivity index (χ0n) is 6.66. The summed E-state index contributed by atoms with van der Waals surface area (Å²) in [6, 6.07) is 0.112. The van der Waals surface area contributed by atoms with Gasteiger partial charge in [-0.25, -0.2) is 5.32 Å². The Morgan fingerprint density at radius 1 is 1.82 bits per heavy atom. The average Bonchev–Trinajstić information content (AvgIpc) is 1.93. The van der Waals surface area contributed by atoms with Crippen molar-refractivity contribution in [3.63, 3.8) is 0 Å². The third kappa shape index (κ3) is 2.48. The van der Waals surface area contributed by atoms with Crippen molar-refractivity contribution in [3.05, 3.63) is 0 Å². The van der Waals surface area contributed by atoms with Crippen molar-refractivity contribution in [2.45, 2.75) is 12.5 Å². The fraction of sp³-hybridized carbons (Fsp3) is 0.857. The number of hydrogen-bond donors (Lipinski definition) is 1. The lowest BCUT2D eigenvalue weighted by Gasteiger charge is -2.30. The second kappa shape index (κ2) is 3.69. The van der Waals surface area contributed by atoms with E-state index in [2.05, 4.69) is 10.2 Å². The van der Waals surface area contributed by atoms with Crippen molar-refractivity contribution in [1.82, 2.24) is 10.2 Å². The van der Waals surface area contributed by atoms with Crippen LogP contribution in [-0.2, 0) is 4.79 Å². The van der Waals surface area contributed by atoms with Gasteiger partial charge in [-0.1, -0.05) is 0 Å². The molecule has 11 heavy (non-hydrogen) atoms. The maximum absolute atomic E-state index is 10.3. The molecule has 1 aliphatic rings. The van der Waals surface area contributed by atoms with E-state index in [4.69, 9.17) is 5.11 Å². The van der Waals surface area contributed by atoms with Gasteiger partial charge in [0.05, 0.1) is 6.42 Å². The first-order valence-electron chi connectivity index (χ1n) is 3.75. The Morgan fingerprint density at radius 2 is 2.55 bits per heavy atom.